The van der Waals surface area contributed by atoms with Gasteiger partial charge in [-0.1, -0.05) is 30.3 Å². The first kappa shape index (κ1) is 13.1. The highest BCUT2D eigenvalue weighted by atomic mass is 32.2. The van der Waals surface area contributed by atoms with Crippen LogP contribution in [0.25, 0.3) is 0 Å². The maximum Gasteiger partial charge on any atom is 0.322 e. The summed E-state index contributed by atoms with van der Waals surface area (Å²) in [4.78, 5) is 6.36. The second kappa shape index (κ2) is 5.21. The molecule has 2 aliphatic rings. The molecule has 0 amide bonds. The van der Waals surface area contributed by atoms with Crippen molar-refractivity contribution in [2.45, 2.75) is 24.1 Å². The predicted octanol–water partition coefficient (Wildman–Crippen LogP) is 3.24. The predicted molar refractivity (Wildman–Crippen MR) is 75.0 cm³/mol. The maximum atomic E-state index is 14.0. The number of hydrogen-bond acceptors (Lipinski definition) is 3. The van der Waals surface area contributed by atoms with E-state index in [1.165, 1.54) is 0 Å². The third kappa shape index (κ3) is 2.82. The molecule has 5 heteroatoms. The molecule has 1 unspecified atom stereocenters. The monoisotopic (exact) mass is 282 g/mol. The minimum absolute atomic E-state index is 0.371. The number of alkyl halides is 2. The lowest BCUT2D eigenvalue weighted by Gasteiger charge is -2.21. The molecular formula is C14H16F2N2S. The van der Waals surface area contributed by atoms with Crippen LogP contribution < -0.4 is 0 Å². The molecule has 1 aromatic rings. The summed E-state index contributed by atoms with van der Waals surface area (Å²) in [7, 11) is 0. The summed E-state index contributed by atoms with van der Waals surface area (Å²) in [6, 6.07) is 8.34. The minimum atomic E-state index is -2.78. The zero-order valence-electron chi connectivity index (χ0n) is 10.6. The Bertz CT molecular complexity index is 470. The van der Waals surface area contributed by atoms with E-state index in [-0.39, 0.29) is 0 Å². The molecule has 3 rings (SSSR count). The Morgan fingerprint density at radius 2 is 1.89 bits per heavy atom. The summed E-state index contributed by atoms with van der Waals surface area (Å²) in [5.74, 6) is 0. The number of thioether (sulfide) groups is 1. The van der Waals surface area contributed by atoms with E-state index in [0.717, 1.165) is 31.5 Å². The molecule has 0 bridgehead atoms. The molecule has 0 radical (unpaired) electrons. The highest BCUT2D eigenvalue weighted by molar-refractivity contribution is 8.15. The Labute approximate surface area is 115 Å². The van der Waals surface area contributed by atoms with Gasteiger partial charge >= 0.3 is 5.25 Å². The minimum Gasteiger partial charge on any atom is -0.301 e. The average Bonchev–Trinajstić information content (AvgIpc) is 3.00. The molecule has 0 aromatic heterocycles. The van der Waals surface area contributed by atoms with Crippen LogP contribution in [0.15, 0.2) is 35.3 Å². The van der Waals surface area contributed by atoms with Crippen LogP contribution in [0.3, 0.4) is 0 Å². The second-order valence-electron chi connectivity index (χ2n) is 4.99. The van der Waals surface area contributed by atoms with Crippen molar-refractivity contribution >= 4 is 16.8 Å². The molecule has 0 N–H and O–H groups in total. The van der Waals surface area contributed by atoms with Crippen LogP contribution in [0.5, 0.6) is 0 Å². The van der Waals surface area contributed by atoms with Gasteiger partial charge in [-0.15, -0.1) is 0 Å². The van der Waals surface area contributed by atoms with Crippen LogP contribution in [0.1, 0.15) is 18.4 Å². The molecule has 2 heterocycles. The molecular weight excluding hydrogens is 266 g/mol. The first-order chi connectivity index (χ1) is 9.15. The van der Waals surface area contributed by atoms with Crippen molar-refractivity contribution < 1.29 is 8.78 Å². The van der Waals surface area contributed by atoms with Gasteiger partial charge in [0.2, 0.25) is 0 Å². The van der Waals surface area contributed by atoms with Crippen LogP contribution >= 0.6 is 11.8 Å². The molecule has 102 valence electrons. The van der Waals surface area contributed by atoms with Crippen molar-refractivity contribution in [1.82, 2.24) is 4.90 Å². The fraction of sp³-hybridized carbons (Fsp3) is 0.500. The number of nitrogens with zero attached hydrogens (tertiary/aromatic N) is 2. The summed E-state index contributed by atoms with van der Waals surface area (Å²) in [6.45, 7) is 2.22. The lowest BCUT2D eigenvalue weighted by molar-refractivity contribution is 0.0663. The van der Waals surface area contributed by atoms with Crippen molar-refractivity contribution in [3.8, 4) is 0 Å². The van der Waals surface area contributed by atoms with Gasteiger partial charge in [-0.05, 0) is 37.7 Å². The highest BCUT2D eigenvalue weighted by Gasteiger charge is 2.47. The zero-order valence-corrected chi connectivity index (χ0v) is 11.4. The second-order valence-corrected chi connectivity index (χ2v) is 6.12. The van der Waals surface area contributed by atoms with E-state index in [2.05, 4.69) is 9.89 Å². The van der Waals surface area contributed by atoms with E-state index in [0.29, 0.717) is 23.4 Å². The molecule has 0 aliphatic carbocycles. The molecule has 1 saturated heterocycles. The van der Waals surface area contributed by atoms with Gasteiger partial charge in [0.25, 0.3) is 0 Å². The summed E-state index contributed by atoms with van der Waals surface area (Å²) in [5.41, 5.74) is 0.788. The molecule has 19 heavy (non-hydrogen) atoms. The standard InChI is InChI=1S/C14H16F2N2S/c15-14(16)12(10-18-8-4-5-9-18)17-13(19-14)11-6-2-1-3-7-11/h1-3,6-7,12H,4-5,8-10H2. The largest absolute Gasteiger partial charge is 0.322 e. The molecule has 1 fully saturated rings. The first-order valence-electron chi connectivity index (χ1n) is 6.57. The smallest absolute Gasteiger partial charge is 0.301 e. The number of rotatable bonds is 3. The van der Waals surface area contributed by atoms with Crippen LogP contribution in [-0.4, -0.2) is 40.9 Å². The first-order valence-corrected chi connectivity index (χ1v) is 7.39. The van der Waals surface area contributed by atoms with Crippen LogP contribution in [-0.2, 0) is 0 Å². The fourth-order valence-corrected chi connectivity index (χ4v) is 3.47. The molecule has 1 atom stereocenters. The molecule has 2 nitrogen and oxygen atoms in total. The van der Waals surface area contributed by atoms with Crippen molar-refractivity contribution in [2.75, 3.05) is 19.6 Å². The Hall–Kier alpha value is -0.940. The van der Waals surface area contributed by atoms with E-state index >= 15 is 0 Å². The van der Waals surface area contributed by atoms with Crippen molar-refractivity contribution in [3.63, 3.8) is 0 Å². The summed E-state index contributed by atoms with van der Waals surface area (Å²) >= 11 is 0.602. The van der Waals surface area contributed by atoms with Gasteiger partial charge in [0.05, 0.1) is 0 Å². The topological polar surface area (TPSA) is 15.6 Å². The highest BCUT2D eigenvalue weighted by Crippen LogP contribution is 2.43. The quantitative estimate of drug-likeness (QED) is 0.846. The molecule has 0 saturated carbocycles. The lowest BCUT2D eigenvalue weighted by Crippen LogP contribution is -2.37. The Balaban J connectivity index is 1.77. The van der Waals surface area contributed by atoms with E-state index in [9.17, 15) is 8.78 Å². The van der Waals surface area contributed by atoms with Gasteiger partial charge in [-0.2, -0.15) is 8.78 Å². The van der Waals surface area contributed by atoms with Gasteiger partial charge in [0, 0.05) is 12.1 Å². The maximum absolute atomic E-state index is 14.0. The van der Waals surface area contributed by atoms with Crippen LogP contribution in [0.4, 0.5) is 8.78 Å². The number of halogens is 2. The van der Waals surface area contributed by atoms with Crippen LogP contribution in [0, 0.1) is 0 Å². The fourth-order valence-electron chi connectivity index (χ4n) is 2.51. The van der Waals surface area contributed by atoms with E-state index in [4.69, 9.17) is 0 Å². The van der Waals surface area contributed by atoms with Gasteiger partial charge < -0.3 is 4.90 Å². The zero-order chi connectivity index (χ0) is 13.3. The van der Waals surface area contributed by atoms with Crippen LogP contribution in [0.2, 0.25) is 0 Å². The summed E-state index contributed by atoms with van der Waals surface area (Å²) in [6.07, 6.45) is 2.22. The number of hydrogen-bond donors (Lipinski definition) is 0. The number of likely N-dealkylation sites (tertiary alicyclic amines) is 1. The number of aliphatic imine (C=N–C) groups is 1. The van der Waals surface area contributed by atoms with Crippen molar-refractivity contribution in [3.05, 3.63) is 35.9 Å². The van der Waals surface area contributed by atoms with Gasteiger partial charge in [-0.3, -0.25) is 4.99 Å². The Kier molecular flexibility index (Phi) is 3.58. The Morgan fingerprint density at radius 1 is 1.21 bits per heavy atom. The number of benzene rings is 1. The van der Waals surface area contributed by atoms with Crippen molar-refractivity contribution in [2.24, 2.45) is 4.99 Å². The summed E-state index contributed by atoms with van der Waals surface area (Å²) < 4.78 is 28.0. The Morgan fingerprint density at radius 3 is 2.58 bits per heavy atom. The van der Waals surface area contributed by atoms with Crippen molar-refractivity contribution in [1.29, 1.82) is 0 Å². The normalized spacial score (nSPS) is 26.6. The van der Waals surface area contributed by atoms with Gasteiger partial charge in [-0.25, -0.2) is 0 Å². The average molecular weight is 282 g/mol. The lowest BCUT2D eigenvalue weighted by atomic mass is 10.2. The molecule has 1 aromatic carbocycles. The molecule has 2 aliphatic heterocycles. The summed E-state index contributed by atoms with van der Waals surface area (Å²) in [5, 5.41) is -2.32. The van der Waals surface area contributed by atoms with E-state index < -0.39 is 11.3 Å². The third-order valence-corrected chi connectivity index (χ3v) is 4.62. The van der Waals surface area contributed by atoms with Gasteiger partial charge in [0.15, 0.2) is 0 Å². The van der Waals surface area contributed by atoms with Gasteiger partial charge in [0.1, 0.15) is 11.1 Å². The van der Waals surface area contributed by atoms with E-state index in [1.54, 1.807) is 0 Å². The van der Waals surface area contributed by atoms with E-state index in [1.807, 2.05) is 30.3 Å². The third-order valence-electron chi connectivity index (χ3n) is 3.54. The molecule has 0 spiro atoms. The SMILES string of the molecule is FC1(F)SC(c2ccccc2)=NC1CN1CCCC1.